The summed E-state index contributed by atoms with van der Waals surface area (Å²) in [5.41, 5.74) is 5.57. The Morgan fingerprint density at radius 1 is 1.13 bits per heavy atom. The van der Waals surface area contributed by atoms with E-state index in [1.54, 1.807) is 7.05 Å². The Labute approximate surface area is 146 Å². The molecular weight excluding hydrogens is 354 g/mol. The molecule has 2 aromatic carbocycles. The molecule has 1 amide bonds. The van der Waals surface area contributed by atoms with Crippen molar-refractivity contribution in [3.05, 3.63) is 62.6 Å². The van der Waals surface area contributed by atoms with Crippen LogP contribution >= 0.6 is 15.9 Å². The van der Waals surface area contributed by atoms with Gasteiger partial charge in [0.15, 0.2) is 0 Å². The van der Waals surface area contributed by atoms with Gasteiger partial charge in [0.2, 0.25) is 5.91 Å². The summed E-state index contributed by atoms with van der Waals surface area (Å²) >= 11 is 3.57. The van der Waals surface area contributed by atoms with Crippen molar-refractivity contribution in [2.75, 3.05) is 7.05 Å². The van der Waals surface area contributed by atoms with Crippen LogP contribution in [0.1, 0.15) is 27.8 Å². The fourth-order valence-electron chi connectivity index (χ4n) is 2.43. The minimum Gasteiger partial charge on any atom is -0.489 e. The molecule has 0 spiro atoms. The normalized spacial score (nSPS) is 10.5. The third-order valence-corrected chi connectivity index (χ3v) is 4.75. The lowest BCUT2D eigenvalue weighted by atomic mass is 10.0. The maximum absolute atomic E-state index is 11.7. The van der Waals surface area contributed by atoms with Gasteiger partial charge in [-0.05, 0) is 55.2 Å². The number of benzene rings is 2. The van der Waals surface area contributed by atoms with Gasteiger partial charge in [-0.25, -0.2) is 0 Å². The summed E-state index contributed by atoms with van der Waals surface area (Å²) in [7, 11) is 1.65. The van der Waals surface area contributed by atoms with Crippen molar-refractivity contribution >= 4 is 21.8 Å². The Bertz CT molecular complexity index is 726. The topological polar surface area (TPSA) is 38.3 Å². The lowest BCUT2D eigenvalue weighted by molar-refractivity contribution is -0.119. The number of aryl methyl sites for hydroxylation is 3. The van der Waals surface area contributed by atoms with Crippen LogP contribution in [0.15, 0.2) is 34.8 Å². The third-order valence-electron chi connectivity index (χ3n) is 4.01. The van der Waals surface area contributed by atoms with Crippen LogP contribution in [0, 0.1) is 20.8 Å². The van der Waals surface area contributed by atoms with E-state index in [4.69, 9.17) is 4.74 Å². The molecule has 4 heteroatoms. The highest BCUT2D eigenvalue weighted by atomic mass is 79.9. The first-order valence-corrected chi connectivity index (χ1v) is 8.39. The summed E-state index contributed by atoms with van der Waals surface area (Å²) in [5.74, 6) is 0.876. The molecule has 0 radical (unpaired) electrons. The first-order valence-electron chi connectivity index (χ1n) is 7.60. The minimum atomic E-state index is -0.00768. The summed E-state index contributed by atoms with van der Waals surface area (Å²) < 4.78 is 6.99. The largest absolute Gasteiger partial charge is 0.489 e. The smallest absolute Gasteiger partial charge is 0.224 e. The quantitative estimate of drug-likeness (QED) is 0.848. The van der Waals surface area contributed by atoms with Gasteiger partial charge in [-0.2, -0.15) is 0 Å². The molecule has 122 valence electrons. The van der Waals surface area contributed by atoms with Gasteiger partial charge in [-0.3, -0.25) is 4.79 Å². The number of nitrogens with one attached hydrogen (secondary N) is 1. The Hall–Kier alpha value is -1.81. The van der Waals surface area contributed by atoms with Crippen LogP contribution in [0.5, 0.6) is 5.75 Å². The zero-order chi connectivity index (χ0) is 17.0. The van der Waals surface area contributed by atoms with Crippen molar-refractivity contribution < 1.29 is 9.53 Å². The molecule has 0 aliphatic carbocycles. The van der Waals surface area contributed by atoms with E-state index in [1.807, 2.05) is 25.1 Å². The summed E-state index contributed by atoms with van der Waals surface area (Å²) in [6.07, 6.45) is 0.348. The molecule has 0 aliphatic rings. The second kappa shape index (κ2) is 7.64. The molecule has 0 saturated heterocycles. The van der Waals surface area contributed by atoms with E-state index in [0.717, 1.165) is 26.9 Å². The Kier molecular flexibility index (Phi) is 5.83. The number of carbonyl (C=O) groups is 1. The van der Waals surface area contributed by atoms with E-state index in [1.165, 1.54) is 11.1 Å². The highest BCUT2D eigenvalue weighted by molar-refractivity contribution is 9.10. The maximum Gasteiger partial charge on any atom is 0.224 e. The summed E-state index contributed by atoms with van der Waals surface area (Å²) in [5, 5.41) is 2.66. The number of rotatable bonds is 5. The first-order chi connectivity index (χ1) is 10.9. The predicted molar refractivity (Wildman–Crippen MR) is 96.9 cm³/mol. The number of likely N-dealkylation sites (N-methyl/N-ethyl adjacent to an activating group) is 1. The number of amides is 1. The van der Waals surface area contributed by atoms with Gasteiger partial charge in [-0.1, -0.05) is 34.1 Å². The molecule has 23 heavy (non-hydrogen) atoms. The molecule has 2 rings (SSSR count). The van der Waals surface area contributed by atoms with Crippen LogP contribution in [-0.2, 0) is 17.8 Å². The van der Waals surface area contributed by atoms with Crippen molar-refractivity contribution in [2.45, 2.75) is 33.8 Å². The van der Waals surface area contributed by atoms with E-state index in [9.17, 15) is 4.79 Å². The van der Waals surface area contributed by atoms with Gasteiger partial charge in [0.25, 0.3) is 0 Å². The monoisotopic (exact) mass is 375 g/mol. The fraction of sp³-hybridized carbons (Fsp3) is 0.316. The van der Waals surface area contributed by atoms with Crippen LogP contribution in [0.2, 0.25) is 0 Å². The van der Waals surface area contributed by atoms with Crippen LogP contribution < -0.4 is 10.1 Å². The molecule has 0 saturated carbocycles. The van der Waals surface area contributed by atoms with Crippen molar-refractivity contribution in [1.29, 1.82) is 0 Å². The second-order valence-electron chi connectivity index (χ2n) is 5.72. The highest BCUT2D eigenvalue weighted by Gasteiger charge is 2.12. The molecule has 0 bridgehead atoms. The van der Waals surface area contributed by atoms with Gasteiger partial charge in [0.05, 0.1) is 6.42 Å². The molecule has 0 atom stereocenters. The number of halogens is 1. The highest BCUT2D eigenvalue weighted by Crippen LogP contribution is 2.26. The van der Waals surface area contributed by atoms with Crippen molar-refractivity contribution in [3.63, 3.8) is 0 Å². The van der Waals surface area contributed by atoms with Gasteiger partial charge >= 0.3 is 0 Å². The number of ether oxygens (including phenoxy) is 1. The molecule has 1 N–H and O–H groups in total. The summed E-state index contributed by atoms with van der Waals surface area (Å²) in [4.78, 5) is 11.7. The van der Waals surface area contributed by atoms with E-state index >= 15 is 0 Å². The van der Waals surface area contributed by atoms with Crippen molar-refractivity contribution in [3.8, 4) is 5.75 Å². The lowest BCUT2D eigenvalue weighted by Gasteiger charge is -2.15. The average Bonchev–Trinajstić information content (AvgIpc) is 2.51. The summed E-state index contributed by atoms with van der Waals surface area (Å²) in [6.45, 7) is 6.66. The van der Waals surface area contributed by atoms with Crippen molar-refractivity contribution in [1.82, 2.24) is 5.32 Å². The number of carbonyl (C=O) groups excluding carboxylic acids is 1. The predicted octanol–water partition coefficient (Wildman–Crippen LogP) is 4.24. The number of hydrogen-bond donors (Lipinski definition) is 1. The van der Waals surface area contributed by atoms with E-state index in [0.29, 0.717) is 13.0 Å². The van der Waals surface area contributed by atoms with E-state index in [-0.39, 0.29) is 5.91 Å². The second-order valence-corrected chi connectivity index (χ2v) is 6.57. The van der Waals surface area contributed by atoms with Crippen LogP contribution in [0.4, 0.5) is 0 Å². The third kappa shape index (κ3) is 4.35. The fourth-order valence-corrected chi connectivity index (χ4v) is 2.95. The summed E-state index contributed by atoms with van der Waals surface area (Å²) in [6, 6.07) is 10.1. The Morgan fingerprint density at radius 3 is 2.52 bits per heavy atom. The molecule has 0 aliphatic heterocycles. The Morgan fingerprint density at radius 2 is 1.83 bits per heavy atom. The van der Waals surface area contributed by atoms with Crippen LogP contribution in [-0.4, -0.2) is 13.0 Å². The standard InChI is InChI=1S/C19H22BrNO2/c1-12-8-14(3)18(9-13(12)2)23-11-16-15(10-19(22)21-4)6-5-7-17(16)20/h5-9H,10-11H2,1-4H3,(H,21,22). The van der Waals surface area contributed by atoms with Gasteiger partial charge in [-0.15, -0.1) is 0 Å². The maximum atomic E-state index is 11.7. The van der Waals surface area contributed by atoms with Gasteiger partial charge < -0.3 is 10.1 Å². The minimum absolute atomic E-state index is 0.00768. The molecule has 2 aromatic rings. The first kappa shape index (κ1) is 17.5. The molecule has 0 aromatic heterocycles. The van der Waals surface area contributed by atoms with Gasteiger partial charge in [0, 0.05) is 17.1 Å². The Balaban J connectivity index is 2.23. The van der Waals surface area contributed by atoms with Crippen LogP contribution in [0.25, 0.3) is 0 Å². The van der Waals surface area contributed by atoms with Gasteiger partial charge in [0.1, 0.15) is 12.4 Å². The molecule has 0 heterocycles. The number of hydrogen-bond acceptors (Lipinski definition) is 2. The molecule has 3 nitrogen and oxygen atoms in total. The lowest BCUT2D eigenvalue weighted by Crippen LogP contribution is -2.21. The molecular formula is C19H22BrNO2. The zero-order valence-corrected chi connectivity index (χ0v) is 15.6. The SMILES string of the molecule is CNC(=O)Cc1cccc(Br)c1COc1cc(C)c(C)cc1C. The van der Waals surface area contributed by atoms with Crippen LogP contribution in [0.3, 0.4) is 0 Å². The van der Waals surface area contributed by atoms with E-state index in [2.05, 4.69) is 47.2 Å². The molecule has 0 fully saturated rings. The average molecular weight is 376 g/mol. The van der Waals surface area contributed by atoms with Crippen molar-refractivity contribution in [2.24, 2.45) is 0 Å². The zero-order valence-electron chi connectivity index (χ0n) is 14.0. The molecule has 0 unspecified atom stereocenters. The van der Waals surface area contributed by atoms with E-state index < -0.39 is 0 Å².